The molecular formula is C13H16F2N2O3. The third-order valence-corrected chi connectivity index (χ3v) is 3.34. The lowest BCUT2D eigenvalue weighted by atomic mass is 10.0. The Kier molecular flexibility index (Phi) is 4.75. The van der Waals surface area contributed by atoms with Crippen molar-refractivity contribution in [2.75, 3.05) is 7.05 Å². The number of rotatable bonds is 4. The summed E-state index contributed by atoms with van der Waals surface area (Å²) in [4.78, 5) is 23.0. The van der Waals surface area contributed by atoms with Crippen LogP contribution >= 0.6 is 0 Å². The van der Waals surface area contributed by atoms with Crippen LogP contribution in [-0.4, -0.2) is 28.8 Å². The van der Waals surface area contributed by atoms with Crippen molar-refractivity contribution in [1.29, 1.82) is 0 Å². The summed E-state index contributed by atoms with van der Waals surface area (Å²) < 4.78 is 27.2. The van der Waals surface area contributed by atoms with Crippen molar-refractivity contribution >= 4 is 11.6 Å². The van der Waals surface area contributed by atoms with Gasteiger partial charge < -0.3 is 4.90 Å². The minimum Gasteiger partial charge on any atom is -0.339 e. The van der Waals surface area contributed by atoms with Gasteiger partial charge in [-0.25, -0.2) is 4.39 Å². The van der Waals surface area contributed by atoms with Crippen molar-refractivity contribution in [1.82, 2.24) is 4.90 Å². The Morgan fingerprint density at radius 2 is 1.85 bits per heavy atom. The van der Waals surface area contributed by atoms with Gasteiger partial charge in [0.05, 0.1) is 16.6 Å². The molecule has 110 valence electrons. The Morgan fingerprint density at radius 1 is 1.30 bits per heavy atom. The van der Waals surface area contributed by atoms with E-state index in [9.17, 15) is 23.7 Å². The first-order valence-corrected chi connectivity index (χ1v) is 6.07. The third-order valence-electron chi connectivity index (χ3n) is 3.34. The number of nitro benzene ring substituents is 1. The van der Waals surface area contributed by atoms with Crippen LogP contribution in [0.3, 0.4) is 0 Å². The Labute approximate surface area is 115 Å². The molecule has 0 N–H and O–H groups in total. The third kappa shape index (κ3) is 3.09. The van der Waals surface area contributed by atoms with Gasteiger partial charge in [-0.2, -0.15) is 4.39 Å². The number of benzene rings is 1. The van der Waals surface area contributed by atoms with Gasteiger partial charge in [0, 0.05) is 13.1 Å². The van der Waals surface area contributed by atoms with Gasteiger partial charge in [-0.15, -0.1) is 0 Å². The summed E-state index contributed by atoms with van der Waals surface area (Å²) >= 11 is 0. The van der Waals surface area contributed by atoms with E-state index in [4.69, 9.17) is 0 Å². The molecule has 0 aliphatic rings. The SMILES string of the molecule is CC(C)C(C)N(C)C(=O)c1cc(F)cc([N+](=O)[O-])c1F. The minimum atomic E-state index is -1.32. The number of hydrogen-bond donors (Lipinski definition) is 0. The highest BCUT2D eigenvalue weighted by Gasteiger charge is 2.28. The Bertz CT molecular complexity index is 547. The van der Waals surface area contributed by atoms with E-state index >= 15 is 0 Å². The number of nitro groups is 1. The summed E-state index contributed by atoms with van der Waals surface area (Å²) in [6.07, 6.45) is 0. The predicted octanol–water partition coefficient (Wildman–Crippen LogP) is 2.99. The van der Waals surface area contributed by atoms with Crippen LogP contribution in [0.2, 0.25) is 0 Å². The average Bonchev–Trinajstić information content (AvgIpc) is 2.37. The van der Waals surface area contributed by atoms with E-state index in [1.165, 1.54) is 11.9 Å². The quantitative estimate of drug-likeness (QED) is 0.631. The van der Waals surface area contributed by atoms with Crippen LogP contribution in [0.25, 0.3) is 0 Å². The second-order valence-corrected chi connectivity index (χ2v) is 4.94. The van der Waals surface area contributed by atoms with Gasteiger partial charge in [0.25, 0.3) is 5.91 Å². The van der Waals surface area contributed by atoms with E-state index in [2.05, 4.69) is 0 Å². The molecule has 0 aliphatic carbocycles. The summed E-state index contributed by atoms with van der Waals surface area (Å²) in [5.74, 6) is -3.02. The molecule has 0 heterocycles. The van der Waals surface area contributed by atoms with Gasteiger partial charge in [0.2, 0.25) is 5.82 Å². The molecule has 0 aromatic heterocycles. The topological polar surface area (TPSA) is 63.5 Å². The average molecular weight is 286 g/mol. The Morgan fingerprint density at radius 3 is 2.30 bits per heavy atom. The summed E-state index contributed by atoms with van der Waals surface area (Å²) in [7, 11) is 1.45. The summed E-state index contributed by atoms with van der Waals surface area (Å²) in [5, 5.41) is 10.6. The maximum Gasteiger partial charge on any atom is 0.308 e. The Balaban J connectivity index is 3.26. The standard InChI is InChI=1S/C13H16F2N2O3/c1-7(2)8(3)16(4)13(18)10-5-9(14)6-11(12(10)15)17(19)20/h5-8H,1-4H3. The van der Waals surface area contributed by atoms with Gasteiger partial charge in [0.1, 0.15) is 5.82 Å². The van der Waals surface area contributed by atoms with Gasteiger partial charge >= 0.3 is 5.69 Å². The number of nitrogens with zero attached hydrogens (tertiary/aromatic N) is 2. The molecule has 7 heteroatoms. The highest BCUT2D eigenvalue weighted by molar-refractivity contribution is 5.95. The minimum absolute atomic E-state index is 0.107. The molecular weight excluding hydrogens is 270 g/mol. The van der Waals surface area contributed by atoms with Gasteiger partial charge in [-0.05, 0) is 18.9 Å². The fourth-order valence-electron chi connectivity index (χ4n) is 1.69. The van der Waals surface area contributed by atoms with Crippen LogP contribution in [0, 0.1) is 27.7 Å². The second-order valence-electron chi connectivity index (χ2n) is 4.94. The molecule has 1 unspecified atom stereocenters. The summed E-state index contributed by atoms with van der Waals surface area (Å²) in [5.41, 5.74) is -1.68. The van der Waals surface area contributed by atoms with Crippen molar-refractivity contribution < 1.29 is 18.5 Å². The number of carbonyl (C=O) groups excluding carboxylic acids is 1. The number of carbonyl (C=O) groups is 1. The van der Waals surface area contributed by atoms with Crippen LogP contribution in [0.15, 0.2) is 12.1 Å². The second kappa shape index (κ2) is 5.94. The van der Waals surface area contributed by atoms with Crippen molar-refractivity contribution in [3.05, 3.63) is 39.4 Å². The highest BCUT2D eigenvalue weighted by Crippen LogP contribution is 2.24. The number of halogens is 2. The molecule has 1 rings (SSSR count). The molecule has 5 nitrogen and oxygen atoms in total. The largest absolute Gasteiger partial charge is 0.339 e. The van der Waals surface area contributed by atoms with Crippen molar-refractivity contribution in [2.45, 2.75) is 26.8 Å². The first-order chi connectivity index (χ1) is 9.16. The lowest BCUT2D eigenvalue weighted by Crippen LogP contribution is -2.38. The van der Waals surface area contributed by atoms with Crippen LogP contribution in [0.4, 0.5) is 14.5 Å². The maximum absolute atomic E-state index is 13.9. The molecule has 20 heavy (non-hydrogen) atoms. The molecule has 0 saturated heterocycles. The lowest BCUT2D eigenvalue weighted by molar-refractivity contribution is -0.387. The van der Waals surface area contributed by atoms with E-state index in [1.54, 1.807) is 6.92 Å². The molecule has 1 aromatic carbocycles. The molecule has 0 bridgehead atoms. The molecule has 1 aromatic rings. The van der Waals surface area contributed by atoms with Crippen LogP contribution in [0.1, 0.15) is 31.1 Å². The molecule has 0 aliphatic heterocycles. The zero-order valence-corrected chi connectivity index (χ0v) is 11.7. The van der Waals surface area contributed by atoms with Gasteiger partial charge in [-0.3, -0.25) is 14.9 Å². The first-order valence-electron chi connectivity index (χ1n) is 6.07. The zero-order valence-electron chi connectivity index (χ0n) is 11.7. The molecule has 0 saturated carbocycles. The van der Waals surface area contributed by atoms with Gasteiger partial charge in [-0.1, -0.05) is 13.8 Å². The van der Waals surface area contributed by atoms with E-state index < -0.39 is 33.7 Å². The summed E-state index contributed by atoms with van der Waals surface area (Å²) in [6.45, 7) is 5.51. The monoisotopic (exact) mass is 286 g/mol. The Hall–Kier alpha value is -2.05. The molecule has 1 amide bonds. The highest BCUT2D eigenvalue weighted by atomic mass is 19.1. The molecule has 1 atom stereocenters. The number of hydrogen-bond acceptors (Lipinski definition) is 3. The van der Waals surface area contributed by atoms with E-state index in [-0.39, 0.29) is 12.0 Å². The zero-order chi connectivity index (χ0) is 15.6. The molecule has 0 radical (unpaired) electrons. The van der Waals surface area contributed by atoms with Crippen molar-refractivity contribution in [2.24, 2.45) is 5.92 Å². The van der Waals surface area contributed by atoms with Crippen LogP contribution < -0.4 is 0 Å². The number of amides is 1. The lowest BCUT2D eigenvalue weighted by Gasteiger charge is -2.28. The first kappa shape index (κ1) is 16.0. The smallest absolute Gasteiger partial charge is 0.308 e. The van der Waals surface area contributed by atoms with E-state index in [0.29, 0.717) is 12.1 Å². The van der Waals surface area contributed by atoms with Crippen molar-refractivity contribution in [3.63, 3.8) is 0 Å². The fourth-order valence-corrected chi connectivity index (χ4v) is 1.69. The van der Waals surface area contributed by atoms with Crippen LogP contribution in [-0.2, 0) is 0 Å². The molecule has 0 spiro atoms. The van der Waals surface area contributed by atoms with Crippen molar-refractivity contribution in [3.8, 4) is 0 Å². The normalized spacial score (nSPS) is 12.3. The molecule has 0 fully saturated rings. The van der Waals surface area contributed by atoms with Crippen LogP contribution in [0.5, 0.6) is 0 Å². The van der Waals surface area contributed by atoms with E-state index in [1.807, 2.05) is 13.8 Å². The predicted molar refractivity (Wildman–Crippen MR) is 69.4 cm³/mol. The van der Waals surface area contributed by atoms with E-state index in [0.717, 1.165) is 0 Å². The van der Waals surface area contributed by atoms with Gasteiger partial charge in [0.15, 0.2) is 0 Å². The maximum atomic E-state index is 13.9. The fraction of sp³-hybridized carbons (Fsp3) is 0.462. The summed E-state index contributed by atoms with van der Waals surface area (Å²) in [6, 6.07) is 0.913.